The highest BCUT2D eigenvalue weighted by Gasteiger charge is 2.29. The molecule has 0 spiro atoms. The minimum Gasteiger partial charge on any atom is -0.378 e. The molecule has 2 aliphatic heterocycles. The molecular formula is C28H31N5O2S. The summed E-state index contributed by atoms with van der Waals surface area (Å²) in [6.45, 7) is 5.28. The van der Waals surface area contributed by atoms with E-state index in [1.807, 2.05) is 23.6 Å². The number of morpholine rings is 1. The van der Waals surface area contributed by atoms with Gasteiger partial charge in [0.1, 0.15) is 6.04 Å². The maximum Gasteiger partial charge on any atom is 0.246 e. The molecule has 0 bridgehead atoms. The first-order chi connectivity index (χ1) is 17.8. The largest absolute Gasteiger partial charge is 0.378 e. The van der Waals surface area contributed by atoms with Crippen LogP contribution >= 0.6 is 11.3 Å². The zero-order chi connectivity index (χ0) is 24.3. The van der Waals surface area contributed by atoms with Crippen LogP contribution in [-0.2, 0) is 9.53 Å². The Labute approximate surface area is 215 Å². The lowest BCUT2D eigenvalue weighted by Gasteiger charge is -2.33. The lowest BCUT2D eigenvalue weighted by Crippen LogP contribution is -2.40. The van der Waals surface area contributed by atoms with Gasteiger partial charge in [0.15, 0.2) is 0 Å². The maximum absolute atomic E-state index is 13.5. The number of hydrogen-bond donors (Lipinski definition) is 2. The number of anilines is 2. The number of hydrogen-bond acceptors (Lipinski definition) is 6. The van der Waals surface area contributed by atoms with E-state index in [1.54, 1.807) is 11.3 Å². The fourth-order valence-corrected chi connectivity index (χ4v) is 5.99. The Bertz CT molecular complexity index is 1310. The average Bonchev–Trinajstić information content (AvgIpc) is 3.60. The molecule has 0 radical (unpaired) electrons. The third-order valence-corrected chi connectivity index (χ3v) is 7.91. The van der Waals surface area contributed by atoms with Gasteiger partial charge in [0, 0.05) is 35.4 Å². The van der Waals surface area contributed by atoms with Gasteiger partial charge < -0.3 is 15.0 Å². The van der Waals surface area contributed by atoms with E-state index in [1.165, 1.54) is 12.1 Å². The van der Waals surface area contributed by atoms with Crippen molar-refractivity contribution in [1.82, 2.24) is 15.1 Å². The van der Waals surface area contributed by atoms with Crippen molar-refractivity contribution < 1.29 is 9.53 Å². The number of piperidine rings is 1. The molecule has 36 heavy (non-hydrogen) atoms. The quantitative estimate of drug-likeness (QED) is 0.375. The molecule has 1 unspecified atom stereocenters. The maximum atomic E-state index is 13.5. The molecule has 8 heteroatoms. The van der Waals surface area contributed by atoms with E-state index in [0.29, 0.717) is 0 Å². The number of carbonyl (C=O) groups excluding carboxylic acids is 1. The minimum atomic E-state index is -0.260. The highest BCUT2D eigenvalue weighted by atomic mass is 32.1. The van der Waals surface area contributed by atoms with Gasteiger partial charge in [0.25, 0.3) is 0 Å². The van der Waals surface area contributed by atoms with Gasteiger partial charge in [-0.1, -0.05) is 18.6 Å². The van der Waals surface area contributed by atoms with Crippen molar-refractivity contribution in [2.45, 2.75) is 25.3 Å². The van der Waals surface area contributed by atoms with Crippen LogP contribution in [0.15, 0.2) is 59.3 Å². The van der Waals surface area contributed by atoms with E-state index in [2.05, 4.69) is 61.0 Å². The van der Waals surface area contributed by atoms with E-state index >= 15 is 0 Å². The number of aromatic amines is 1. The van der Waals surface area contributed by atoms with E-state index in [4.69, 9.17) is 4.74 Å². The predicted molar refractivity (Wildman–Crippen MR) is 146 cm³/mol. The van der Waals surface area contributed by atoms with Gasteiger partial charge in [-0.3, -0.25) is 14.8 Å². The number of rotatable bonds is 6. The van der Waals surface area contributed by atoms with Gasteiger partial charge in [0.05, 0.1) is 24.4 Å². The van der Waals surface area contributed by atoms with E-state index in [9.17, 15) is 4.79 Å². The van der Waals surface area contributed by atoms with Crippen LogP contribution in [0.1, 0.15) is 30.9 Å². The number of aromatic nitrogens is 2. The molecule has 7 nitrogen and oxygen atoms in total. The fourth-order valence-electron chi connectivity index (χ4n) is 5.31. The summed E-state index contributed by atoms with van der Waals surface area (Å²) >= 11 is 1.64. The summed E-state index contributed by atoms with van der Waals surface area (Å²) in [5.74, 6) is 0.0227. The van der Waals surface area contributed by atoms with Crippen LogP contribution in [0.25, 0.3) is 22.2 Å². The normalized spacial score (nSPS) is 17.8. The van der Waals surface area contributed by atoms with Crippen LogP contribution in [0.4, 0.5) is 11.4 Å². The number of likely N-dealkylation sites (tertiary alicyclic amines) is 1. The summed E-state index contributed by atoms with van der Waals surface area (Å²) in [5.41, 5.74) is 5.95. The predicted octanol–water partition coefficient (Wildman–Crippen LogP) is 5.29. The Balaban J connectivity index is 1.24. The average molecular weight is 502 g/mol. The molecule has 6 rings (SSSR count). The number of nitrogens with zero attached hydrogens (tertiary/aromatic N) is 3. The third-order valence-electron chi connectivity index (χ3n) is 7.21. The molecule has 4 aromatic rings. The molecule has 0 saturated carbocycles. The number of benzene rings is 2. The van der Waals surface area contributed by atoms with Crippen molar-refractivity contribution in [3.05, 3.63) is 64.9 Å². The van der Waals surface area contributed by atoms with Crippen molar-refractivity contribution in [2.24, 2.45) is 0 Å². The van der Waals surface area contributed by atoms with Crippen LogP contribution in [0.3, 0.4) is 0 Å². The number of fused-ring (bicyclic) bond motifs is 1. The zero-order valence-electron chi connectivity index (χ0n) is 20.3. The Kier molecular flexibility index (Phi) is 6.72. The van der Waals surface area contributed by atoms with Crippen LogP contribution < -0.4 is 10.2 Å². The number of H-pyrrole nitrogens is 1. The van der Waals surface area contributed by atoms with Crippen molar-refractivity contribution in [2.75, 3.05) is 49.6 Å². The van der Waals surface area contributed by atoms with Crippen molar-refractivity contribution in [3.63, 3.8) is 0 Å². The van der Waals surface area contributed by atoms with Gasteiger partial charge in [-0.05, 0) is 78.7 Å². The first-order valence-corrected chi connectivity index (χ1v) is 13.7. The summed E-state index contributed by atoms with van der Waals surface area (Å²) < 4.78 is 5.47. The highest BCUT2D eigenvalue weighted by Crippen LogP contribution is 2.32. The van der Waals surface area contributed by atoms with Gasteiger partial charge >= 0.3 is 0 Å². The molecular weight excluding hydrogens is 470 g/mol. The molecule has 2 aromatic carbocycles. The van der Waals surface area contributed by atoms with Crippen molar-refractivity contribution >= 4 is 39.5 Å². The van der Waals surface area contributed by atoms with Gasteiger partial charge in [0.2, 0.25) is 5.91 Å². The van der Waals surface area contributed by atoms with E-state index < -0.39 is 0 Å². The molecule has 1 atom stereocenters. The highest BCUT2D eigenvalue weighted by molar-refractivity contribution is 7.08. The molecule has 2 aliphatic rings. The monoisotopic (exact) mass is 501 g/mol. The van der Waals surface area contributed by atoms with Crippen LogP contribution in [0, 0.1) is 0 Å². The third kappa shape index (κ3) is 4.76. The molecule has 0 aliphatic carbocycles. The molecule has 2 saturated heterocycles. The van der Waals surface area contributed by atoms with Crippen LogP contribution in [0.5, 0.6) is 0 Å². The first kappa shape index (κ1) is 23.2. The van der Waals surface area contributed by atoms with Gasteiger partial charge in [-0.15, -0.1) is 0 Å². The minimum absolute atomic E-state index is 0.0227. The number of ether oxygens (including phenoxy) is 1. The van der Waals surface area contributed by atoms with Crippen LogP contribution in [-0.4, -0.2) is 60.4 Å². The second-order valence-corrected chi connectivity index (χ2v) is 10.3. The second kappa shape index (κ2) is 10.4. The number of carbonyl (C=O) groups is 1. The summed E-state index contributed by atoms with van der Waals surface area (Å²) in [6.07, 6.45) is 3.52. The zero-order valence-corrected chi connectivity index (χ0v) is 21.1. The topological polar surface area (TPSA) is 73.5 Å². The summed E-state index contributed by atoms with van der Waals surface area (Å²) in [5, 5.41) is 16.1. The number of amides is 1. The smallest absolute Gasteiger partial charge is 0.246 e. The SMILES string of the molecule is O=C(Nc1ccc2[nH]nc(-c3ccc(N4CCOCC4)cc3)c2c1)C(c1ccsc1)N1CCCCC1. The molecule has 2 fully saturated rings. The number of nitrogens with one attached hydrogen (secondary N) is 2. The summed E-state index contributed by atoms with van der Waals surface area (Å²) in [4.78, 5) is 18.2. The Morgan fingerprint density at radius 1 is 1.00 bits per heavy atom. The Morgan fingerprint density at radius 3 is 2.56 bits per heavy atom. The number of thiophene rings is 1. The second-order valence-electron chi connectivity index (χ2n) is 9.52. The molecule has 2 aromatic heterocycles. The molecule has 4 heterocycles. The van der Waals surface area contributed by atoms with Gasteiger partial charge in [-0.2, -0.15) is 16.4 Å². The Hall–Kier alpha value is -3.20. The van der Waals surface area contributed by atoms with E-state index in [-0.39, 0.29) is 11.9 Å². The lowest BCUT2D eigenvalue weighted by atomic mass is 10.0. The molecule has 1 amide bonds. The van der Waals surface area contributed by atoms with E-state index in [0.717, 1.165) is 85.6 Å². The first-order valence-electron chi connectivity index (χ1n) is 12.7. The van der Waals surface area contributed by atoms with Crippen LogP contribution in [0.2, 0.25) is 0 Å². The lowest BCUT2D eigenvalue weighted by molar-refractivity contribution is -0.121. The standard InChI is InChI=1S/C28H31N5O2S/c34-28(27(21-10-17-36-19-21)33-11-2-1-3-12-33)29-22-6-9-25-24(18-22)26(31-30-25)20-4-7-23(8-5-20)32-13-15-35-16-14-32/h4-10,17-19,27H,1-3,11-16H2,(H,29,34)(H,30,31). The Morgan fingerprint density at radius 2 is 1.81 bits per heavy atom. The van der Waals surface area contributed by atoms with Gasteiger partial charge in [-0.25, -0.2) is 0 Å². The van der Waals surface area contributed by atoms with Crippen molar-refractivity contribution in [3.8, 4) is 11.3 Å². The fraction of sp³-hybridized carbons (Fsp3) is 0.357. The summed E-state index contributed by atoms with van der Waals surface area (Å²) in [7, 11) is 0. The molecule has 186 valence electrons. The van der Waals surface area contributed by atoms with Crippen molar-refractivity contribution in [1.29, 1.82) is 0 Å². The summed E-state index contributed by atoms with van der Waals surface area (Å²) in [6, 6.07) is 16.3. The molecule has 2 N–H and O–H groups in total.